The number of ether oxygens (including phenoxy) is 1. The zero-order valence-electron chi connectivity index (χ0n) is 14.0. The summed E-state index contributed by atoms with van der Waals surface area (Å²) in [7, 11) is 0.808. The lowest BCUT2D eigenvalue weighted by Crippen LogP contribution is -2.48. The number of benzene rings is 1. The van der Waals surface area contributed by atoms with Crippen molar-refractivity contribution in [2.24, 2.45) is 5.92 Å². The predicted molar refractivity (Wildman–Crippen MR) is 92.9 cm³/mol. The lowest BCUT2D eigenvalue weighted by molar-refractivity contribution is -0.148. The van der Waals surface area contributed by atoms with Gasteiger partial charge in [0.15, 0.2) is 0 Å². The summed E-state index contributed by atoms with van der Waals surface area (Å²) >= 11 is 0. The number of piperidine rings is 1. The van der Waals surface area contributed by atoms with Crippen LogP contribution in [0.15, 0.2) is 29.2 Å². The molecular formula is C18H27NO2S. The van der Waals surface area contributed by atoms with Crippen molar-refractivity contribution in [2.45, 2.75) is 42.2 Å². The average Bonchev–Trinajstić information content (AvgIpc) is 2.87. The zero-order valence-corrected chi connectivity index (χ0v) is 14.8. The van der Waals surface area contributed by atoms with Gasteiger partial charge in [0.25, 0.3) is 0 Å². The first kappa shape index (κ1) is 15.9. The van der Waals surface area contributed by atoms with Gasteiger partial charge in [-0.15, -0.1) is 0 Å². The van der Waals surface area contributed by atoms with Gasteiger partial charge in [0, 0.05) is 18.0 Å². The number of esters is 1. The van der Waals surface area contributed by atoms with Crippen molar-refractivity contribution in [3.8, 4) is 0 Å². The molecule has 3 rings (SSSR count). The van der Waals surface area contributed by atoms with E-state index in [0.29, 0.717) is 6.04 Å². The molecule has 1 aromatic rings. The van der Waals surface area contributed by atoms with Crippen LogP contribution >= 0.6 is 10.0 Å². The highest BCUT2D eigenvalue weighted by Gasteiger charge is 2.46. The van der Waals surface area contributed by atoms with Crippen LogP contribution < -0.4 is 5.32 Å². The first-order valence-electron chi connectivity index (χ1n) is 8.02. The van der Waals surface area contributed by atoms with Crippen LogP contribution in [-0.2, 0) is 9.53 Å². The third-order valence-electron chi connectivity index (χ3n) is 5.17. The molecular weight excluding hydrogens is 294 g/mol. The number of carbonyl (C=O) groups excluding carboxylic acids is 1. The molecule has 2 aliphatic heterocycles. The number of hydrogen-bond donors (Lipinski definition) is 1. The summed E-state index contributed by atoms with van der Waals surface area (Å²) in [5.74, 6) is 0.181. The fourth-order valence-corrected chi connectivity index (χ4v) is 4.94. The Morgan fingerprint density at radius 1 is 1.18 bits per heavy atom. The summed E-state index contributed by atoms with van der Waals surface area (Å²) in [6.45, 7) is 0. The average molecular weight is 321 g/mol. The van der Waals surface area contributed by atoms with Crippen LogP contribution in [0.1, 0.15) is 30.7 Å². The minimum Gasteiger partial charge on any atom is -0.469 e. The summed E-state index contributed by atoms with van der Waals surface area (Å²) in [4.78, 5) is 13.7. The number of methoxy groups -OCH3 is 1. The lowest BCUT2D eigenvalue weighted by atomic mass is 9.77. The van der Waals surface area contributed by atoms with Crippen molar-refractivity contribution in [2.75, 3.05) is 25.9 Å². The Morgan fingerprint density at radius 2 is 1.86 bits per heavy atom. The summed E-state index contributed by atoms with van der Waals surface area (Å²) < 4.78 is 5.10. The van der Waals surface area contributed by atoms with Gasteiger partial charge in [-0.3, -0.25) is 4.79 Å². The molecule has 1 aromatic carbocycles. The molecule has 122 valence electrons. The number of rotatable bonds is 3. The lowest BCUT2D eigenvalue weighted by Gasteiger charge is -2.36. The number of carbonyl (C=O) groups is 1. The maximum Gasteiger partial charge on any atom is 0.310 e. The predicted octanol–water partition coefficient (Wildman–Crippen LogP) is 3.14. The fraction of sp³-hybridized carbons (Fsp3) is 0.611. The Balaban J connectivity index is 1.89. The van der Waals surface area contributed by atoms with Gasteiger partial charge in [-0.2, -0.15) is 0 Å². The molecule has 4 heteroatoms. The van der Waals surface area contributed by atoms with Crippen LogP contribution in [-0.4, -0.2) is 43.9 Å². The molecule has 2 fully saturated rings. The van der Waals surface area contributed by atoms with Crippen molar-refractivity contribution < 1.29 is 9.53 Å². The summed E-state index contributed by atoms with van der Waals surface area (Å²) in [5.41, 5.74) is 1.29. The normalized spacial score (nSPS) is 31.8. The topological polar surface area (TPSA) is 38.3 Å². The van der Waals surface area contributed by atoms with Crippen molar-refractivity contribution in [3.05, 3.63) is 29.8 Å². The minimum atomic E-state index is -0.698. The molecule has 0 radical (unpaired) electrons. The second-order valence-electron chi connectivity index (χ2n) is 7.34. The largest absolute Gasteiger partial charge is 0.469 e. The smallest absolute Gasteiger partial charge is 0.310 e. The Bertz CT molecular complexity index is 549. The summed E-state index contributed by atoms with van der Waals surface area (Å²) in [5, 5.41) is 3.59. The Morgan fingerprint density at radius 3 is 2.45 bits per heavy atom. The molecule has 0 aliphatic carbocycles. The van der Waals surface area contributed by atoms with E-state index in [4.69, 9.17) is 4.74 Å². The molecule has 0 spiro atoms. The van der Waals surface area contributed by atoms with E-state index in [9.17, 15) is 4.79 Å². The molecule has 2 aliphatic rings. The molecule has 2 bridgehead atoms. The molecule has 4 atom stereocenters. The molecule has 2 saturated heterocycles. The highest BCUT2D eigenvalue weighted by Crippen LogP contribution is 2.47. The Kier molecular flexibility index (Phi) is 4.25. The van der Waals surface area contributed by atoms with E-state index in [0.717, 1.165) is 12.8 Å². The first-order valence-corrected chi connectivity index (χ1v) is 10.9. The molecule has 2 heterocycles. The molecule has 0 amide bonds. The van der Waals surface area contributed by atoms with Crippen LogP contribution in [0.4, 0.5) is 0 Å². The molecule has 0 saturated carbocycles. The second-order valence-corrected chi connectivity index (χ2v) is 11.5. The number of nitrogens with one attached hydrogen (secondary N) is 1. The van der Waals surface area contributed by atoms with Gasteiger partial charge in [-0.25, -0.2) is 10.0 Å². The summed E-state index contributed by atoms with van der Waals surface area (Å²) in [6.07, 6.45) is 10.2. The third kappa shape index (κ3) is 2.91. The van der Waals surface area contributed by atoms with Crippen LogP contribution in [0.25, 0.3) is 0 Å². The highest BCUT2D eigenvalue weighted by molar-refractivity contribution is 8.32. The third-order valence-corrected chi connectivity index (χ3v) is 6.86. The van der Waals surface area contributed by atoms with Crippen LogP contribution in [0.5, 0.6) is 0 Å². The summed E-state index contributed by atoms with van der Waals surface area (Å²) in [6, 6.07) is 9.82. The van der Waals surface area contributed by atoms with E-state index in [1.807, 2.05) is 0 Å². The second kappa shape index (κ2) is 5.89. The molecule has 1 N–H and O–H groups in total. The zero-order chi connectivity index (χ0) is 15.9. The van der Waals surface area contributed by atoms with E-state index in [-0.39, 0.29) is 23.8 Å². The van der Waals surface area contributed by atoms with Crippen LogP contribution in [0.2, 0.25) is 0 Å². The maximum atomic E-state index is 12.3. The van der Waals surface area contributed by atoms with Crippen LogP contribution in [0.3, 0.4) is 0 Å². The fourth-order valence-electron chi connectivity index (χ4n) is 3.98. The van der Waals surface area contributed by atoms with Gasteiger partial charge in [0.1, 0.15) is 0 Å². The first-order chi connectivity index (χ1) is 10.4. The molecule has 22 heavy (non-hydrogen) atoms. The van der Waals surface area contributed by atoms with Gasteiger partial charge in [-0.05, 0) is 60.6 Å². The molecule has 0 unspecified atom stereocenters. The number of hydrogen-bond acceptors (Lipinski definition) is 3. The number of fused-ring (bicyclic) bond motifs is 2. The Hall–Kier alpha value is -1.00. The Labute approximate surface area is 135 Å². The quantitative estimate of drug-likeness (QED) is 0.869. The maximum absolute atomic E-state index is 12.3. The van der Waals surface area contributed by atoms with E-state index >= 15 is 0 Å². The van der Waals surface area contributed by atoms with Crippen molar-refractivity contribution in [1.29, 1.82) is 0 Å². The highest BCUT2D eigenvalue weighted by atomic mass is 32.3. The van der Waals surface area contributed by atoms with Gasteiger partial charge < -0.3 is 10.1 Å². The monoisotopic (exact) mass is 321 g/mol. The van der Waals surface area contributed by atoms with Crippen LogP contribution in [0, 0.1) is 5.92 Å². The molecule has 3 nitrogen and oxygen atoms in total. The van der Waals surface area contributed by atoms with Crippen molar-refractivity contribution in [1.82, 2.24) is 5.32 Å². The van der Waals surface area contributed by atoms with Crippen molar-refractivity contribution >= 4 is 16.0 Å². The SMILES string of the molecule is COC(=O)[C@H]1[C@@H](c2ccc(S(C)(C)C)cc2)C[C@@H]2CC[C@H]1N2. The molecule has 0 aromatic heterocycles. The minimum absolute atomic E-state index is 0.0448. The van der Waals surface area contributed by atoms with Crippen molar-refractivity contribution in [3.63, 3.8) is 0 Å². The van der Waals surface area contributed by atoms with E-state index < -0.39 is 10.0 Å². The van der Waals surface area contributed by atoms with E-state index in [2.05, 4.69) is 48.3 Å². The van der Waals surface area contributed by atoms with E-state index in [1.165, 1.54) is 24.0 Å². The van der Waals surface area contributed by atoms with Gasteiger partial charge in [0.2, 0.25) is 0 Å². The van der Waals surface area contributed by atoms with E-state index in [1.54, 1.807) is 0 Å². The standard InChI is InChI=1S/C18H27NO2S/c1-21-18(20)17-15(11-13-7-10-16(17)19-13)12-5-8-14(9-6-12)22(2,3)4/h5-6,8-9,13,15-17,19H,7,10-11H2,1-4H3/t13-,15+,16+,17-/m0/s1. The van der Waals surface area contributed by atoms with Gasteiger partial charge in [-0.1, -0.05) is 12.1 Å². The van der Waals surface area contributed by atoms with Gasteiger partial charge in [0.05, 0.1) is 13.0 Å². The van der Waals surface area contributed by atoms with Gasteiger partial charge >= 0.3 is 5.97 Å².